The van der Waals surface area contributed by atoms with Crippen LogP contribution < -0.4 is 5.32 Å². The number of urea groups is 1. The first kappa shape index (κ1) is 15.7. The number of hydrogen-bond donors (Lipinski definition) is 2. The molecule has 0 aromatic carbocycles. The van der Waals surface area contributed by atoms with Crippen LogP contribution in [0.15, 0.2) is 0 Å². The van der Waals surface area contributed by atoms with Crippen molar-refractivity contribution in [3.05, 3.63) is 0 Å². The Morgan fingerprint density at radius 3 is 2.74 bits per heavy atom. The molecule has 0 saturated carbocycles. The van der Waals surface area contributed by atoms with Gasteiger partial charge in [0.2, 0.25) is 0 Å². The molecule has 1 saturated heterocycles. The normalized spacial score (nSPS) is 22.2. The summed E-state index contributed by atoms with van der Waals surface area (Å²) >= 11 is 0. The number of nitrogens with zero attached hydrogens (tertiary/aromatic N) is 1. The molecule has 0 aliphatic carbocycles. The summed E-state index contributed by atoms with van der Waals surface area (Å²) in [7, 11) is 1.59. The summed E-state index contributed by atoms with van der Waals surface area (Å²) in [5.41, 5.74) is -0.489. The van der Waals surface area contributed by atoms with E-state index in [-0.39, 0.29) is 12.6 Å². The highest BCUT2D eigenvalue weighted by atomic mass is 16.5. The standard InChI is InChI=1S/C12H22N2O5/c1-3-5-14(7-10(15)16)11(17)13-8-12(18-2)4-6-19-9-12/h3-9H2,1-2H3,(H,13,17)(H,15,16). The highest BCUT2D eigenvalue weighted by Crippen LogP contribution is 2.21. The number of methoxy groups -OCH3 is 1. The number of nitrogens with one attached hydrogen (secondary N) is 1. The van der Waals surface area contributed by atoms with Crippen LogP contribution in [0.4, 0.5) is 4.79 Å². The Balaban J connectivity index is 2.49. The van der Waals surface area contributed by atoms with Crippen molar-refractivity contribution in [2.45, 2.75) is 25.4 Å². The summed E-state index contributed by atoms with van der Waals surface area (Å²) in [4.78, 5) is 23.9. The van der Waals surface area contributed by atoms with Gasteiger partial charge in [0.15, 0.2) is 0 Å². The number of hydrogen-bond acceptors (Lipinski definition) is 4. The van der Waals surface area contributed by atoms with Gasteiger partial charge in [-0.05, 0) is 6.42 Å². The minimum absolute atomic E-state index is 0.295. The number of ether oxygens (including phenoxy) is 2. The zero-order valence-corrected chi connectivity index (χ0v) is 11.5. The van der Waals surface area contributed by atoms with E-state index in [1.165, 1.54) is 4.90 Å². The van der Waals surface area contributed by atoms with E-state index in [9.17, 15) is 9.59 Å². The number of amides is 2. The Morgan fingerprint density at radius 1 is 1.53 bits per heavy atom. The van der Waals surface area contributed by atoms with E-state index in [0.29, 0.717) is 32.7 Å². The lowest BCUT2D eigenvalue weighted by Crippen LogP contribution is -2.50. The molecule has 1 atom stereocenters. The second kappa shape index (κ2) is 7.30. The molecule has 110 valence electrons. The Hall–Kier alpha value is -1.34. The van der Waals surface area contributed by atoms with Crippen LogP contribution in [0, 0.1) is 0 Å². The molecule has 2 N–H and O–H groups in total. The summed E-state index contributed by atoms with van der Waals surface area (Å²) in [6.07, 6.45) is 1.43. The third-order valence-electron chi connectivity index (χ3n) is 3.17. The van der Waals surface area contributed by atoms with E-state index in [2.05, 4.69) is 5.32 Å². The molecule has 0 spiro atoms. The molecule has 0 bridgehead atoms. The van der Waals surface area contributed by atoms with Crippen molar-refractivity contribution in [1.82, 2.24) is 10.2 Å². The number of carbonyl (C=O) groups excluding carboxylic acids is 1. The van der Waals surface area contributed by atoms with Crippen LogP contribution in [-0.2, 0) is 14.3 Å². The van der Waals surface area contributed by atoms with Gasteiger partial charge in [-0.15, -0.1) is 0 Å². The number of carboxylic acids is 1. The molecular weight excluding hydrogens is 252 g/mol. The van der Waals surface area contributed by atoms with Crippen LogP contribution in [0.5, 0.6) is 0 Å². The highest BCUT2D eigenvalue weighted by Gasteiger charge is 2.35. The molecular formula is C12H22N2O5. The average molecular weight is 274 g/mol. The van der Waals surface area contributed by atoms with Crippen LogP contribution in [-0.4, -0.2) is 67.6 Å². The van der Waals surface area contributed by atoms with E-state index in [1.54, 1.807) is 7.11 Å². The van der Waals surface area contributed by atoms with E-state index in [1.807, 2.05) is 6.92 Å². The predicted molar refractivity (Wildman–Crippen MR) is 68.1 cm³/mol. The van der Waals surface area contributed by atoms with Crippen molar-refractivity contribution in [3.8, 4) is 0 Å². The van der Waals surface area contributed by atoms with Gasteiger partial charge < -0.3 is 24.8 Å². The summed E-state index contributed by atoms with van der Waals surface area (Å²) < 4.78 is 10.7. The largest absolute Gasteiger partial charge is 0.480 e. The Kier molecular flexibility index (Phi) is 6.04. The molecule has 7 heteroatoms. The smallest absolute Gasteiger partial charge is 0.323 e. The molecule has 0 aromatic rings. The molecule has 1 unspecified atom stereocenters. The number of carbonyl (C=O) groups is 2. The number of rotatable bonds is 7. The number of carboxylic acid groups (broad SMARTS) is 1. The summed E-state index contributed by atoms with van der Waals surface area (Å²) in [5.74, 6) is -1.02. The summed E-state index contributed by atoms with van der Waals surface area (Å²) in [5, 5.41) is 11.5. The monoisotopic (exact) mass is 274 g/mol. The van der Waals surface area contributed by atoms with Gasteiger partial charge in [-0.3, -0.25) is 4.79 Å². The van der Waals surface area contributed by atoms with E-state index >= 15 is 0 Å². The van der Waals surface area contributed by atoms with Crippen LogP contribution in [0.2, 0.25) is 0 Å². The van der Waals surface area contributed by atoms with Gasteiger partial charge in [-0.2, -0.15) is 0 Å². The molecule has 19 heavy (non-hydrogen) atoms. The first-order chi connectivity index (χ1) is 9.03. The van der Waals surface area contributed by atoms with Gasteiger partial charge in [0.05, 0.1) is 13.2 Å². The second-order valence-corrected chi connectivity index (χ2v) is 4.66. The Bertz CT molecular complexity index is 315. The molecule has 0 radical (unpaired) electrons. The molecule has 1 heterocycles. The van der Waals surface area contributed by atoms with Gasteiger partial charge in [0.25, 0.3) is 0 Å². The second-order valence-electron chi connectivity index (χ2n) is 4.66. The lowest BCUT2D eigenvalue weighted by molar-refractivity contribution is -0.137. The summed E-state index contributed by atoms with van der Waals surface area (Å²) in [6, 6.07) is -0.382. The fraction of sp³-hybridized carbons (Fsp3) is 0.833. The minimum atomic E-state index is -1.02. The van der Waals surface area contributed by atoms with Gasteiger partial charge in [-0.1, -0.05) is 6.92 Å². The van der Waals surface area contributed by atoms with Crippen LogP contribution in [0.25, 0.3) is 0 Å². The topological polar surface area (TPSA) is 88.1 Å². The molecule has 0 aromatic heterocycles. The zero-order valence-electron chi connectivity index (χ0n) is 11.5. The van der Waals surface area contributed by atoms with Crippen molar-refractivity contribution < 1.29 is 24.2 Å². The van der Waals surface area contributed by atoms with Gasteiger partial charge in [0, 0.05) is 26.7 Å². The Labute approximate surface area is 112 Å². The lowest BCUT2D eigenvalue weighted by atomic mass is 10.0. The van der Waals surface area contributed by atoms with Crippen molar-refractivity contribution in [2.75, 3.05) is 40.0 Å². The molecule has 7 nitrogen and oxygen atoms in total. The maximum absolute atomic E-state index is 11.9. The van der Waals surface area contributed by atoms with Gasteiger partial charge in [0.1, 0.15) is 12.1 Å². The Morgan fingerprint density at radius 2 is 2.26 bits per heavy atom. The molecule has 2 amide bonds. The van der Waals surface area contributed by atoms with Crippen LogP contribution in [0.1, 0.15) is 19.8 Å². The SMILES string of the molecule is CCCN(CC(=O)O)C(=O)NCC1(OC)CCOC1. The molecule has 1 aliphatic rings. The predicted octanol–water partition coefficient (Wildman–Crippen LogP) is 0.298. The van der Waals surface area contributed by atoms with Gasteiger partial charge >= 0.3 is 12.0 Å². The third-order valence-corrected chi connectivity index (χ3v) is 3.17. The van der Waals surface area contributed by atoms with Crippen molar-refractivity contribution in [1.29, 1.82) is 0 Å². The van der Waals surface area contributed by atoms with Gasteiger partial charge in [-0.25, -0.2) is 4.79 Å². The maximum Gasteiger partial charge on any atom is 0.323 e. The summed E-state index contributed by atoms with van der Waals surface area (Å²) in [6.45, 7) is 3.38. The van der Waals surface area contributed by atoms with Crippen molar-refractivity contribution >= 4 is 12.0 Å². The van der Waals surface area contributed by atoms with Crippen LogP contribution >= 0.6 is 0 Å². The average Bonchev–Trinajstić information content (AvgIpc) is 2.84. The van der Waals surface area contributed by atoms with Crippen molar-refractivity contribution in [2.24, 2.45) is 0 Å². The lowest BCUT2D eigenvalue weighted by Gasteiger charge is -2.28. The number of aliphatic carboxylic acids is 1. The third kappa shape index (κ3) is 4.68. The molecule has 1 fully saturated rings. The van der Waals surface area contributed by atoms with Crippen LogP contribution in [0.3, 0.4) is 0 Å². The quantitative estimate of drug-likeness (QED) is 0.697. The fourth-order valence-corrected chi connectivity index (χ4v) is 2.00. The van der Waals surface area contributed by atoms with Crippen molar-refractivity contribution in [3.63, 3.8) is 0 Å². The molecule has 1 aliphatic heterocycles. The zero-order chi connectivity index (χ0) is 14.3. The van der Waals surface area contributed by atoms with E-state index in [4.69, 9.17) is 14.6 Å². The first-order valence-corrected chi connectivity index (χ1v) is 6.40. The minimum Gasteiger partial charge on any atom is -0.480 e. The first-order valence-electron chi connectivity index (χ1n) is 6.40. The fourth-order valence-electron chi connectivity index (χ4n) is 2.00. The van der Waals surface area contributed by atoms with E-state index < -0.39 is 11.6 Å². The molecule has 1 rings (SSSR count). The highest BCUT2D eigenvalue weighted by molar-refractivity contribution is 5.80. The maximum atomic E-state index is 11.9. The van der Waals surface area contributed by atoms with E-state index in [0.717, 1.165) is 6.42 Å².